The molecule has 4 heteroatoms. The molecule has 1 N–H and O–H groups in total. The van der Waals surface area contributed by atoms with E-state index in [1.165, 1.54) is 0 Å². The first kappa shape index (κ1) is 13.4. The summed E-state index contributed by atoms with van der Waals surface area (Å²) in [5, 5.41) is 2.96. The number of alkyl halides is 1. The van der Waals surface area contributed by atoms with Crippen molar-refractivity contribution < 1.29 is 9.53 Å². The summed E-state index contributed by atoms with van der Waals surface area (Å²) in [5.74, 6) is 0.837. The summed E-state index contributed by atoms with van der Waals surface area (Å²) < 4.78 is 5.39. The second-order valence-corrected chi connectivity index (χ2v) is 4.89. The van der Waals surface area contributed by atoms with Gasteiger partial charge in [0.2, 0.25) is 0 Å². The molecule has 0 saturated carbocycles. The van der Waals surface area contributed by atoms with Crippen LogP contribution in [0.5, 0.6) is 0 Å². The fraction of sp³-hybridized carbons (Fsp3) is 0.500. The largest absolute Gasteiger partial charge is 0.381 e. The Balaban J connectivity index is 1.86. The van der Waals surface area contributed by atoms with Crippen molar-refractivity contribution in [2.45, 2.75) is 18.7 Å². The van der Waals surface area contributed by atoms with Crippen LogP contribution in [0.4, 0.5) is 0 Å². The van der Waals surface area contributed by atoms with Crippen LogP contribution >= 0.6 is 11.6 Å². The third-order valence-corrected chi connectivity index (χ3v) is 3.46. The summed E-state index contributed by atoms with van der Waals surface area (Å²) in [6.45, 7) is 2.29. The van der Waals surface area contributed by atoms with Crippen LogP contribution < -0.4 is 5.32 Å². The summed E-state index contributed by atoms with van der Waals surface area (Å²) in [4.78, 5) is 12.0. The summed E-state index contributed by atoms with van der Waals surface area (Å²) in [7, 11) is 0. The van der Waals surface area contributed by atoms with Gasteiger partial charge in [-0.2, -0.15) is 0 Å². The molecule has 1 heterocycles. The highest BCUT2D eigenvalue weighted by molar-refractivity contribution is 6.17. The molecule has 0 aromatic heterocycles. The standard InChI is InChI=1S/C14H18ClNO2/c15-8-11-3-1-5-13(7-11)14(17)16-9-12-4-2-6-18-10-12/h1,3,5,7,12H,2,4,6,8-10H2,(H,16,17). The molecule has 1 aromatic carbocycles. The van der Waals surface area contributed by atoms with Gasteiger partial charge in [-0.15, -0.1) is 11.6 Å². The van der Waals surface area contributed by atoms with Gasteiger partial charge in [0.15, 0.2) is 0 Å². The smallest absolute Gasteiger partial charge is 0.251 e. The van der Waals surface area contributed by atoms with Crippen molar-refractivity contribution in [3.8, 4) is 0 Å². The van der Waals surface area contributed by atoms with Gasteiger partial charge in [-0.05, 0) is 36.5 Å². The molecule has 1 aliphatic rings. The van der Waals surface area contributed by atoms with E-state index in [2.05, 4.69) is 5.32 Å². The molecular weight excluding hydrogens is 250 g/mol. The van der Waals surface area contributed by atoms with Crippen molar-refractivity contribution in [3.05, 3.63) is 35.4 Å². The average Bonchev–Trinajstić information content (AvgIpc) is 2.46. The lowest BCUT2D eigenvalue weighted by Gasteiger charge is -2.22. The highest BCUT2D eigenvalue weighted by Crippen LogP contribution is 2.13. The molecule has 98 valence electrons. The number of rotatable bonds is 4. The lowest BCUT2D eigenvalue weighted by Crippen LogP contribution is -2.33. The van der Waals surface area contributed by atoms with Gasteiger partial charge in [0.05, 0.1) is 6.61 Å². The Morgan fingerprint density at radius 1 is 1.50 bits per heavy atom. The number of benzene rings is 1. The van der Waals surface area contributed by atoms with Crippen molar-refractivity contribution in [3.63, 3.8) is 0 Å². The molecule has 1 amide bonds. The van der Waals surface area contributed by atoms with Crippen LogP contribution in [0.3, 0.4) is 0 Å². The monoisotopic (exact) mass is 267 g/mol. The zero-order valence-electron chi connectivity index (χ0n) is 10.3. The maximum Gasteiger partial charge on any atom is 0.251 e. The van der Waals surface area contributed by atoms with Crippen molar-refractivity contribution in [2.24, 2.45) is 5.92 Å². The quantitative estimate of drug-likeness (QED) is 0.852. The van der Waals surface area contributed by atoms with E-state index < -0.39 is 0 Å². The number of carbonyl (C=O) groups excluding carboxylic acids is 1. The molecule has 1 atom stereocenters. The van der Waals surface area contributed by atoms with Crippen molar-refractivity contribution >= 4 is 17.5 Å². The minimum Gasteiger partial charge on any atom is -0.381 e. The molecule has 1 aromatic rings. The number of hydrogen-bond acceptors (Lipinski definition) is 2. The molecule has 0 spiro atoms. The van der Waals surface area contributed by atoms with Crippen LogP contribution in [0, 0.1) is 5.92 Å². The maximum atomic E-state index is 12.0. The van der Waals surface area contributed by atoms with Crippen LogP contribution in [0.1, 0.15) is 28.8 Å². The highest BCUT2D eigenvalue weighted by Gasteiger charge is 2.15. The normalized spacial score (nSPS) is 19.5. The zero-order chi connectivity index (χ0) is 12.8. The number of hydrogen-bond donors (Lipinski definition) is 1. The fourth-order valence-electron chi connectivity index (χ4n) is 2.10. The predicted octanol–water partition coefficient (Wildman–Crippen LogP) is 2.58. The van der Waals surface area contributed by atoms with Gasteiger partial charge < -0.3 is 10.1 Å². The zero-order valence-corrected chi connectivity index (χ0v) is 11.1. The summed E-state index contributed by atoms with van der Waals surface area (Å²) in [6.07, 6.45) is 2.21. The summed E-state index contributed by atoms with van der Waals surface area (Å²) in [5.41, 5.74) is 1.63. The van der Waals surface area contributed by atoms with Crippen LogP contribution in [0.15, 0.2) is 24.3 Å². The van der Waals surface area contributed by atoms with E-state index in [9.17, 15) is 4.79 Å². The number of carbonyl (C=O) groups is 1. The molecule has 18 heavy (non-hydrogen) atoms. The molecule has 1 fully saturated rings. The van der Waals surface area contributed by atoms with E-state index in [0.717, 1.165) is 31.6 Å². The Morgan fingerprint density at radius 2 is 2.39 bits per heavy atom. The molecule has 1 aliphatic heterocycles. The molecule has 0 radical (unpaired) electrons. The van der Waals surface area contributed by atoms with Crippen LogP contribution in [0.25, 0.3) is 0 Å². The second kappa shape index (κ2) is 6.76. The number of ether oxygens (including phenoxy) is 1. The molecule has 1 unspecified atom stereocenters. The average molecular weight is 268 g/mol. The van der Waals surface area contributed by atoms with E-state index in [-0.39, 0.29) is 5.91 Å². The summed E-state index contributed by atoms with van der Waals surface area (Å²) in [6, 6.07) is 7.41. The lowest BCUT2D eigenvalue weighted by molar-refractivity contribution is 0.0536. The Kier molecular flexibility index (Phi) is 5.02. The van der Waals surface area contributed by atoms with E-state index in [4.69, 9.17) is 16.3 Å². The molecule has 2 rings (SSSR count). The highest BCUT2D eigenvalue weighted by atomic mass is 35.5. The Morgan fingerprint density at radius 3 is 3.11 bits per heavy atom. The van der Waals surface area contributed by atoms with Crippen LogP contribution in [-0.4, -0.2) is 25.7 Å². The Labute approximate surface area is 112 Å². The SMILES string of the molecule is O=C(NCC1CCCOC1)c1cccc(CCl)c1. The summed E-state index contributed by atoms with van der Waals surface area (Å²) >= 11 is 5.75. The minimum absolute atomic E-state index is 0.0347. The van der Waals surface area contributed by atoms with E-state index >= 15 is 0 Å². The minimum atomic E-state index is -0.0347. The Bertz CT molecular complexity index is 403. The molecular formula is C14H18ClNO2. The lowest BCUT2D eigenvalue weighted by atomic mass is 10.0. The first-order valence-corrected chi connectivity index (χ1v) is 6.84. The molecule has 3 nitrogen and oxygen atoms in total. The third kappa shape index (κ3) is 3.72. The second-order valence-electron chi connectivity index (χ2n) is 4.63. The van der Waals surface area contributed by atoms with Gasteiger partial charge >= 0.3 is 0 Å². The first-order valence-electron chi connectivity index (χ1n) is 6.30. The third-order valence-electron chi connectivity index (χ3n) is 3.15. The van der Waals surface area contributed by atoms with Gasteiger partial charge in [0.1, 0.15) is 0 Å². The number of halogens is 1. The van der Waals surface area contributed by atoms with Gasteiger partial charge in [-0.3, -0.25) is 4.79 Å². The van der Waals surface area contributed by atoms with Crippen molar-refractivity contribution in [1.82, 2.24) is 5.32 Å². The molecule has 0 aliphatic carbocycles. The van der Waals surface area contributed by atoms with Gasteiger partial charge in [0.25, 0.3) is 5.91 Å². The van der Waals surface area contributed by atoms with Gasteiger partial charge in [-0.25, -0.2) is 0 Å². The Hall–Kier alpha value is -1.06. The van der Waals surface area contributed by atoms with Crippen LogP contribution in [0.2, 0.25) is 0 Å². The van der Waals surface area contributed by atoms with E-state index in [1.807, 2.05) is 24.3 Å². The van der Waals surface area contributed by atoms with E-state index in [0.29, 0.717) is 23.9 Å². The molecule has 1 saturated heterocycles. The topological polar surface area (TPSA) is 38.3 Å². The van der Waals surface area contributed by atoms with Gasteiger partial charge in [-0.1, -0.05) is 12.1 Å². The number of amides is 1. The van der Waals surface area contributed by atoms with Crippen molar-refractivity contribution in [2.75, 3.05) is 19.8 Å². The fourth-order valence-corrected chi connectivity index (χ4v) is 2.27. The van der Waals surface area contributed by atoms with E-state index in [1.54, 1.807) is 0 Å². The van der Waals surface area contributed by atoms with Crippen molar-refractivity contribution in [1.29, 1.82) is 0 Å². The van der Waals surface area contributed by atoms with Crippen LogP contribution in [-0.2, 0) is 10.6 Å². The predicted molar refractivity (Wildman–Crippen MR) is 71.9 cm³/mol. The maximum absolute atomic E-state index is 12.0. The number of nitrogens with one attached hydrogen (secondary N) is 1. The van der Waals surface area contributed by atoms with Gasteiger partial charge in [0, 0.05) is 24.6 Å². The first-order chi connectivity index (χ1) is 8.79. The molecule has 0 bridgehead atoms.